The van der Waals surface area contributed by atoms with Crippen LogP contribution in [-0.4, -0.2) is 63.3 Å². The molecule has 2 heterocycles. The van der Waals surface area contributed by atoms with Crippen molar-refractivity contribution in [2.75, 3.05) is 27.3 Å². The predicted octanol–water partition coefficient (Wildman–Crippen LogP) is 0.775. The van der Waals surface area contributed by atoms with E-state index in [1.54, 1.807) is 0 Å². The molecule has 2 atom stereocenters. The molecule has 21 heavy (non-hydrogen) atoms. The summed E-state index contributed by atoms with van der Waals surface area (Å²) in [6.07, 6.45) is -0.760. The second-order valence-electron chi connectivity index (χ2n) is 4.42. The predicted molar refractivity (Wildman–Crippen MR) is 73.7 cm³/mol. The van der Waals surface area contributed by atoms with Crippen molar-refractivity contribution < 1.29 is 32.2 Å². The number of rotatable bonds is 5. The van der Waals surface area contributed by atoms with Gasteiger partial charge in [0.05, 0.1) is 12.2 Å². The van der Waals surface area contributed by atoms with E-state index in [9.17, 15) is 13.2 Å². The van der Waals surface area contributed by atoms with Gasteiger partial charge in [-0.2, -0.15) is 4.31 Å². The lowest BCUT2D eigenvalue weighted by Gasteiger charge is -2.14. The summed E-state index contributed by atoms with van der Waals surface area (Å²) < 4.78 is 41.4. The number of nitrogens with zero attached hydrogens (tertiary/aromatic N) is 1. The summed E-state index contributed by atoms with van der Waals surface area (Å²) in [7, 11) is -0.948. The molecule has 1 saturated heterocycles. The number of halogens is 1. The Morgan fingerprint density at radius 2 is 1.90 bits per heavy atom. The second-order valence-corrected chi connectivity index (χ2v) is 7.05. The summed E-state index contributed by atoms with van der Waals surface area (Å²) in [5, 5.41) is 8.85. The van der Waals surface area contributed by atoms with Crippen LogP contribution in [0, 0.1) is 0 Å². The van der Waals surface area contributed by atoms with Crippen LogP contribution in [0.1, 0.15) is 10.6 Å². The van der Waals surface area contributed by atoms with E-state index in [1.165, 1.54) is 18.5 Å². The Morgan fingerprint density at radius 1 is 1.38 bits per heavy atom. The highest BCUT2D eigenvalue weighted by Crippen LogP contribution is 2.31. The van der Waals surface area contributed by atoms with Gasteiger partial charge in [-0.05, 0) is 15.9 Å². The maximum absolute atomic E-state index is 12.5. The van der Waals surface area contributed by atoms with Gasteiger partial charge in [-0.1, -0.05) is 0 Å². The van der Waals surface area contributed by atoms with Gasteiger partial charge in [0, 0.05) is 33.4 Å². The Kier molecular flexibility index (Phi) is 4.73. The van der Waals surface area contributed by atoms with Gasteiger partial charge in [0.15, 0.2) is 4.67 Å². The van der Waals surface area contributed by atoms with E-state index in [4.69, 9.17) is 19.0 Å². The van der Waals surface area contributed by atoms with Gasteiger partial charge in [0.25, 0.3) is 0 Å². The molecule has 8 nitrogen and oxygen atoms in total. The third-order valence-electron chi connectivity index (χ3n) is 3.27. The summed E-state index contributed by atoms with van der Waals surface area (Å²) in [6.45, 7) is 0.245. The maximum atomic E-state index is 12.5. The van der Waals surface area contributed by atoms with Crippen LogP contribution in [0.5, 0.6) is 0 Å². The number of hydrogen-bond donors (Lipinski definition) is 1. The van der Waals surface area contributed by atoms with Crippen LogP contribution < -0.4 is 0 Å². The van der Waals surface area contributed by atoms with Crippen molar-refractivity contribution in [3.8, 4) is 0 Å². The van der Waals surface area contributed by atoms with Crippen LogP contribution in [0.3, 0.4) is 0 Å². The smallest absolute Gasteiger partial charge is 0.371 e. The maximum Gasteiger partial charge on any atom is 0.371 e. The van der Waals surface area contributed by atoms with Crippen molar-refractivity contribution in [3.05, 3.63) is 16.5 Å². The lowest BCUT2D eigenvalue weighted by molar-refractivity contribution is -0.00461. The van der Waals surface area contributed by atoms with Gasteiger partial charge < -0.3 is 19.0 Å². The zero-order valence-electron chi connectivity index (χ0n) is 11.3. The van der Waals surface area contributed by atoms with E-state index in [0.29, 0.717) is 0 Å². The molecule has 10 heteroatoms. The quantitative estimate of drug-likeness (QED) is 0.800. The minimum absolute atomic E-state index is 0.122. The SMILES string of the molecule is COC1CN(S(=O)(=O)c2cc(C(=O)O)oc2Br)CC1OC. The molecule has 1 aromatic rings. The Morgan fingerprint density at radius 3 is 2.29 bits per heavy atom. The molecule has 0 spiro atoms. The molecular formula is C11H14BrNO7S. The van der Waals surface area contributed by atoms with E-state index in [-0.39, 0.29) is 34.9 Å². The molecule has 0 bridgehead atoms. The average Bonchev–Trinajstić information content (AvgIpc) is 3.02. The Balaban J connectivity index is 2.33. The number of carboxylic acid groups (broad SMARTS) is 1. The van der Waals surface area contributed by atoms with Crippen LogP contribution in [0.25, 0.3) is 0 Å². The molecule has 2 rings (SSSR count). The van der Waals surface area contributed by atoms with Crippen molar-refractivity contribution in [1.82, 2.24) is 4.31 Å². The summed E-state index contributed by atoms with van der Waals surface area (Å²) in [6, 6.07) is 0.976. The first kappa shape index (κ1) is 16.4. The van der Waals surface area contributed by atoms with E-state index in [1.807, 2.05) is 0 Å². The monoisotopic (exact) mass is 383 g/mol. The van der Waals surface area contributed by atoms with Crippen molar-refractivity contribution in [3.63, 3.8) is 0 Å². The highest BCUT2D eigenvalue weighted by Gasteiger charge is 2.41. The molecule has 0 saturated carbocycles. The number of methoxy groups -OCH3 is 2. The molecule has 1 aliphatic heterocycles. The largest absolute Gasteiger partial charge is 0.475 e. The minimum atomic E-state index is -3.90. The summed E-state index contributed by atoms with van der Waals surface area (Å²) >= 11 is 2.93. The van der Waals surface area contributed by atoms with Gasteiger partial charge >= 0.3 is 5.97 Å². The van der Waals surface area contributed by atoms with E-state index >= 15 is 0 Å². The fourth-order valence-electron chi connectivity index (χ4n) is 2.13. The normalized spacial score (nSPS) is 23.6. The average molecular weight is 384 g/mol. The molecule has 2 unspecified atom stereocenters. The summed E-state index contributed by atoms with van der Waals surface area (Å²) in [5.41, 5.74) is 0. The lowest BCUT2D eigenvalue weighted by atomic mass is 10.3. The van der Waals surface area contributed by atoms with Crippen LogP contribution in [0.15, 0.2) is 20.0 Å². The van der Waals surface area contributed by atoms with Crippen molar-refractivity contribution in [2.45, 2.75) is 17.1 Å². The zero-order valence-corrected chi connectivity index (χ0v) is 13.7. The lowest BCUT2D eigenvalue weighted by Crippen LogP contribution is -2.30. The number of furan rings is 1. The third-order valence-corrected chi connectivity index (χ3v) is 5.96. The van der Waals surface area contributed by atoms with Gasteiger partial charge in [0.2, 0.25) is 15.8 Å². The summed E-state index contributed by atoms with van der Waals surface area (Å²) in [5.74, 6) is -1.80. The number of sulfonamides is 1. The van der Waals surface area contributed by atoms with Crippen molar-refractivity contribution in [1.29, 1.82) is 0 Å². The van der Waals surface area contributed by atoms with Gasteiger partial charge in [-0.25, -0.2) is 13.2 Å². The number of carbonyl (C=O) groups is 1. The molecule has 0 amide bonds. The van der Waals surface area contributed by atoms with Crippen LogP contribution in [-0.2, 0) is 19.5 Å². The first-order chi connectivity index (χ1) is 9.81. The number of aromatic carboxylic acids is 1. The van der Waals surface area contributed by atoms with E-state index < -0.39 is 21.8 Å². The highest BCUT2D eigenvalue weighted by molar-refractivity contribution is 9.10. The minimum Gasteiger partial charge on any atom is -0.475 e. The number of carboxylic acids is 1. The van der Waals surface area contributed by atoms with Crippen molar-refractivity contribution in [2.24, 2.45) is 0 Å². The topological polar surface area (TPSA) is 106 Å². The fraction of sp³-hybridized carbons (Fsp3) is 0.545. The first-order valence-corrected chi connectivity index (χ1v) is 8.13. The highest BCUT2D eigenvalue weighted by atomic mass is 79.9. The summed E-state index contributed by atoms with van der Waals surface area (Å²) in [4.78, 5) is 10.6. The first-order valence-electron chi connectivity index (χ1n) is 5.89. The molecule has 1 fully saturated rings. The molecule has 118 valence electrons. The second kappa shape index (κ2) is 6.05. The van der Waals surface area contributed by atoms with Gasteiger partial charge in [0.1, 0.15) is 4.90 Å². The molecule has 0 aliphatic carbocycles. The standard InChI is InChI=1S/C11H14BrNO7S/c1-18-7-4-13(5-8(7)19-2)21(16,17)9-3-6(11(14)15)20-10(9)12/h3,7-8H,4-5H2,1-2H3,(H,14,15). The van der Waals surface area contributed by atoms with Crippen LogP contribution in [0.2, 0.25) is 0 Å². The van der Waals surface area contributed by atoms with Crippen LogP contribution in [0.4, 0.5) is 0 Å². The third kappa shape index (κ3) is 2.99. The zero-order chi connectivity index (χ0) is 15.8. The Bertz CT molecular complexity index is 629. The van der Waals surface area contributed by atoms with Crippen LogP contribution >= 0.6 is 15.9 Å². The van der Waals surface area contributed by atoms with E-state index in [0.717, 1.165) is 6.07 Å². The molecule has 0 aromatic carbocycles. The molecule has 0 radical (unpaired) electrons. The molecule has 1 aromatic heterocycles. The number of ether oxygens (including phenoxy) is 2. The van der Waals surface area contributed by atoms with Crippen molar-refractivity contribution >= 4 is 31.9 Å². The molecular weight excluding hydrogens is 370 g/mol. The fourth-order valence-corrected chi connectivity index (χ4v) is 4.50. The Labute approximate surface area is 129 Å². The van der Waals surface area contributed by atoms with Gasteiger partial charge in [-0.15, -0.1) is 0 Å². The Hall–Kier alpha value is -0.940. The molecule has 1 N–H and O–H groups in total. The molecule has 1 aliphatic rings. The van der Waals surface area contributed by atoms with Gasteiger partial charge in [-0.3, -0.25) is 0 Å². The number of hydrogen-bond acceptors (Lipinski definition) is 6. The van der Waals surface area contributed by atoms with E-state index in [2.05, 4.69) is 15.9 Å².